The summed E-state index contributed by atoms with van der Waals surface area (Å²) in [7, 11) is -2.72. The van der Waals surface area contributed by atoms with Crippen LogP contribution < -0.4 is 16.2 Å². The van der Waals surface area contributed by atoms with E-state index in [1.54, 1.807) is 0 Å². The molecule has 11 heteroatoms. The van der Waals surface area contributed by atoms with E-state index in [9.17, 15) is 23.1 Å². The summed E-state index contributed by atoms with van der Waals surface area (Å²) >= 11 is 11.7. The molecule has 0 bridgehead atoms. The Kier molecular flexibility index (Phi) is 7.11. The lowest BCUT2D eigenvalue weighted by molar-refractivity contribution is 0.282. The average molecular weight is 450 g/mol. The van der Waals surface area contributed by atoms with Gasteiger partial charge in [-0.25, -0.2) is 8.42 Å². The van der Waals surface area contributed by atoms with Crippen LogP contribution in [0.4, 0.5) is 11.4 Å². The second-order valence-corrected chi connectivity index (χ2v) is 8.87. The molecule has 28 heavy (non-hydrogen) atoms. The van der Waals surface area contributed by atoms with E-state index in [4.69, 9.17) is 23.2 Å². The smallest absolute Gasteiger partial charge is 0.252 e. The van der Waals surface area contributed by atoms with E-state index in [-0.39, 0.29) is 28.0 Å². The molecular weight excluding hydrogens is 429 g/mol. The molecule has 0 unspecified atom stereocenters. The summed E-state index contributed by atoms with van der Waals surface area (Å²) in [5.74, 6) is -0.661. The number of anilines is 2. The number of hydrogen-bond donors (Lipinski definition) is 2. The third kappa shape index (κ3) is 4.18. The summed E-state index contributed by atoms with van der Waals surface area (Å²) in [6, 6.07) is 2.56. The van der Waals surface area contributed by atoms with Crippen LogP contribution in [0, 0.1) is 0 Å². The maximum Gasteiger partial charge on any atom is 0.252 e. The Morgan fingerprint density at radius 2 is 1.68 bits per heavy atom. The van der Waals surface area contributed by atoms with Crippen molar-refractivity contribution < 1.29 is 13.5 Å². The number of aromatic hydroxyl groups is 1. The number of sulfonamides is 1. The molecule has 0 spiro atoms. The Morgan fingerprint density at radius 1 is 1.07 bits per heavy atom. The molecule has 0 aliphatic heterocycles. The molecule has 0 saturated heterocycles. The van der Waals surface area contributed by atoms with Crippen LogP contribution in [0.25, 0.3) is 0 Å². The van der Waals surface area contributed by atoms with Gasteiger partial charge in [0.15, 0.2) is 5.75 Å². The zero-order chi connectivity index (χ0) is 21.2. The molecule has 0 radical (unpaired) electrons. The van der Waals surface area contributed by atoms with Gasteiger partial charge in [0.1, 0.15) is 15.6 Å². The lowest BCUT2D eigenvalue weighted by Crippen LogP contribution is -2.36. The van der Waals surface area contributed by atoms with Crippen LogP contribution in [-0.4, -0.2) is 56.0 Å². The van der Waals surface area contributed by atoms with Gasteiger partial charge in [0.2, 0.25) is 15.5 Å². The van der Waals surface area contributed by atoms with Gasteiger partial charge in [0, 0.05) is 20.1 Å². The number of phenolic OH excluding ortho intramolecular Hbond substituents is 1. The van der Waals surface area contributed by atoms with Gasteiger partial charge in [0.05, 0.1) is 10.7 Å². The van der Waals surface area contributed by atoms with Crippen LogP contribution in [0.15, 0.2) is 26.6 Å². The first-order chi connectivity index (χ1) is 13.1. The third-order valence-electron chi connectivity index (χ3n) is 4.49. The monoisotopic (exact) mass is 449 g/mol. The summed E-state index contributed by atoms with van der Waals surface area (Å²) in [6.45, 7) is 6.21. The van der Waals surface area contributed by atoms with E-state index in [0.29, 0.717) is 6.54 Å². The standard InChI is InChI=1S/C17H21Cl2N3O5S/c1-4-22(5-2)9-8-21(3)28(26,27)17-10(18)6-7-11(14(17)23)20-13-12(19)15(24)16(13)25/h6-7,20,23H,4-5,8-9H2,1-3H3. The minimum absolute atomic E-state index is 0.103. The lowest BCUT2D eigenvalue weighted by Gasteiger charge is -2.24. The number of hydrogen-bond acceptors (Lipinski definition) is 7. The van der Waals surface area contributed by atoms with Crippen LogP contribution in [0.3, 0.4) is 0 Å². The van der Waals surface area contributed by atoms with E-state index >= 15 is 0 Å². The van der Waals surface area contributed by atoms with Gasteiger partial charge < -0.3 is 15.3 Å². The highest BCUT2D eigenvalue weighted by atomic mass is 35.5. The highest BCUT2D eigenvalue weighted by Crippen LogP contribution is 2.39. The SMILES string of the molecule is CCN(CC)CCN(C)S(=O)(=O)c1c(Cl)ccc(Nc2c(Cl)c(=O)c2=O)c1O. The molecule has 0 atom stereocenters. The summed E-state index contributed by atoms with van der Waals surface area (Å²) in [6.07, 6.45) is 0. The molecule has 2 N–H and O–H groups in total. The quantitative estimate of drug-likeness (QED) is 0.445. The first kappa shape index (κ1) is 22.6. The number of halogens is 2. The van der Waals surface area contributed by atoms with Gasteiger partial charge in [-0.2, -0.15) is 4.31 Å². The molecule has 0 heterocycles. The third-order valence-corrected chi connectivity index (χ3v) is 7.21. The highest BCUT2D eigenvalue weighted by Gasteiger charge is 2.30. The van der Waals surface area contributed by atoms with E-state index in [2.05, 4.69) is 10.2 Å². The molecule has 0 aliphatic carbocycles. The Morgan fingerprint density at radius 3 is 2.21 bits per heavy atom. The van der Waals surface area contributed by atoms with Gasteiger partial charge in [-0.05, 0) is 25.2 Å². The molecule has 0 saturated carbocycles. The van der Waals surface area contributed by atoms with Crippen LogP contribution in [-0.2, 0) is 10.0 Å². The number of nitrogens with zero attached hydrogens (tertiary/aromatic N) is 2. The van der Waals surface area contributed by atoms with Gasteiger partial charge in [0.25, 0.3) is 5.43 Å². The van der Waals surface area contributed by atoms with Crippen molar-refractivity contribution in [1.82, 2.24) is 9.21 Å². The number of nitrogens with one attached hydrogen (secondary N) is 1. The summed E-state index contributed by atoms with van der Waals surface area (Å²) < 4.78 is 27.0. The number of phenols is 1. The van der Waals surface area contributed by atoms with E-state index in [1.165, 1.54) is 19.2 Å². The minimum atomic E-state index is -4.11. The zero-order valence-electron chi connectivity index (χ0n) is 15.6. The fourth-order valence-electron chi connectivity index (χ4n) is 2.60. The predicted molar refractivity (Wildman–Crippen MR) is 110 cm³/mol. The van der Waals surface area contributed by atoms with Crippen molar-refractivity contribution in [3.63, 3.8) is 0 Å². The van der Waals surface area contributed by atoms with Gasteiger partial charge in [-0.3, -0.25) is 9.59 Å². The topological polar surface area (TPSA) is 107 Å². The van der Waals surface area contributed by atoms with Crippen molar-refractivity contribution in [2.75, 3.05) is 38.5 Å². The Balaban J connectivity index is 2.36. The summed E-state index contributed by atoms with van der Waals surface area (Å²) in [5, 5.41) is 12.5. The maximum atomic E-state index is 12.9. The first-order valence-electron chi connectivity index (χ1n) is 8.52. The average Bonchev–Trinajstić information content (AvgIpc) is 2.66. The van der Waals surface area contributed by atoms with Crippen LogP contribution >= 0.6 is 23.2 Å². The zero-order valence-corrected chi connectivity index (χ0v) is 18.0. The fraction of sp³-hybridized carbons (Fsp3) is 0.412. The molecule has 154 valence electrons. The molecule has 2 aromatic carbocycles. The molecule has 2 rings (SSSR count). The Hall–Kier alpha value is -1.65. The lowest BCUT2D eigenvalue weighted by atomic mass is 10.2. The van der Waals surface area contributed by atoms with Crippen molar-refractivity contribution >= 4 is 44.6 Å². The summed E-state index contributed by atoms with van der Waals surface area (Å²) in [4.78, 5) is 24.3. The minimum Gasteiger partial charge on any atom is -0.504 e. The number of rotatable bonds is 9. The van der Waals surface area contributed by atoms with Crippen LogP contribution in [0.2, 0.25) is 10.0 Å². The molecule has 0 aromatic heterocycles. The number of likely N-dealkylation sites (N-methyl/N-ethyl adjacent to an activating group) is 2. The first-order valence-corrected chi connectivity index (χ1v) is 10.7. The molecule has 2 aromatic rings. The highest BCUT2D eigenvalue weighted by molar-refractivity contribution is 7.89. The molecular formula is C17H21Cl2N3O5S. The predicted octanol–water partition coefficient (Wildman–Crippen LogP) is 2.00. The Bertz CT molecular complexity index is 1040. The van der Waals surface area contributed by atoms with Gasteiger partial charge in [-0.15, -0.1) is 0 Å². The number of benzene rings is 1. The van der Waals surface area contributed by atoms with Crippen molar-refractivity contribution in [1.29, 1.82) is 0 Å². The second-order valence-electron chi connectivity index (χ2n) is 6.10. The fourth-order valence-corrected chi connectivity index (χ4v) is 4.57. The van der Waals surface area contributed by atoms with Crippen molar-refractivity contribution in [3.8, 4) is 5.75 Å². The molecule has 8 nitrogen and oxygen atoms in total. The maximum absolute atomic E-state index is 12.9. The normalized spacial score (nSPS) is 12.2. The Labute approximate surface area is 173 Å². The van der Waals surface area contributed by atoms with E-state index in [0.717, 1.165) is 17.4 Å². The van der Waals surface area contributed by atoms with Crippen LogP contribution in [0.1, 0.15) is 13.8 Å². The van der Waals surface area contributed by atoms with Crippen molar-refractivity contribution in [2.45, 2.75) is 18.7 Å². The van der Waals surface area contributed by atoms with Crippen molar-refractivity contribution in [3.05, 3.63) is 42.6 Å². The van der Waals surface area contributed by atoms with E-state index in [1.807, 2.05) is 13.8 Å². The summed E-state index contributed by atoms with van der Waals surface area (Å²) in [5.41, 5.74) is -2.00. The molecule has 0 fully saturated rings. The molecule has 0 aliphatic rings. The second kappa shape index (κ2) is 8.79. The van der Waals surface area contributed by atoms with Crippen molar-refractivity contribution in [2.24, 2.45) is 0 Å². The van der Waals surface area contributed by atoms with E-state index < -0.39 is 31.5 Å². The largest absolute Gasteiger partial charge is 0.504 e. The molecule has 0 amide bonds. The van der Waals surface area contributed by atoms with Gasteiger partial charge >= 0.3 is 0 Å². The van der Waals surface area contributed by atoms with Gasteiger partial charge in [-0.1, -0.05) is 37.0 Å². The van der Waals surface area contributed by atoms with Crippen LogP contribution in [0.5, 0.6) is 5.75 Å².